The van der Waals surface area contributed by atoms with Crippen molar-refractivity contribution in [3.05, 3.63) is 82.6 Å². The van der Waals surface area contributed by atoms with Crippen molar-refractivity contribution in [2.45, 2.75) is 100 Å². The van der Waals surface area contributed by atoms with Gasteiger partial charge in [0, 0.05) is 96.9 Å². The van der Waals surface area contributed by atoms with Gasteiger partial charge in [-0.1, -0.05) is 55.8 Å². The van der Waals surface area contributed by atoms with E-state index in [1.807, 2.05) is 13.1 Å². The number of fused-ring (bicyclic) bond motifs is 6. The van der Waals surface area contributed by atoms with Crippen molar-refractivity contribution in [3.63, 3.8) is 0 Å². The van der Waals surface area contributed by atoms with Crippen LogP contribution in [0.15, 0.2) is 60.2 Å². The number of aromatic amines is 1. The fourth-order valence-corrected chi connectivity index (χ4v) is 13.5. The first-order valence-electron chi connectivity index (χ1n) is 22.0. The molecule has 1 saturated heterocycles. The Balaban J connectivity index is 1.25. The van der Waals surface area contributed by atoms with Crippen LogP contribution in [0.25, 0.3) is 10.9 Å². The molecule has 7 aliphatic rings. The maximum Gasteiger partial charge on any atom is 0.322 e. The largest absolute Gasteiger partial charge is 0.496 e. The third-order valence-electron chi connectivity index (χ3n) is 15.9. The summed E-state index contributed by atoms with van der Waals surface area (Å²) in [7, 11) is 5.15. The zero-order chi connectivity index (χ0) is 41.9. The summed E-state index contributed by atoms with van der Waals surface area (Å²) in [5.74, 6) is -0.370. The van der Waals surface area contributed by atoms with Crippen LogP contribution in [0.1, 0.15) is 81.7 Å². The van der Waals surface area contributed by atoms with Gasteiger partial charge in [-0.2, -0.15) is 0 Å². The van der Waals surface area contributed by atoms with Gasteiger partial charge in [-0.25, -0.2) is 0 Å². The molecule has 6 heterocycles. The van der Waals surface area contributed by atoms with E-state index >= 15 is 4.79 Å². The average Bonchev–Trinajstić information content (AvgIpc) is 3.88. The number of likely N-dealkylation sites (N-methyl/N-ethyl adjacent to an activating group) is 1. The number of para-hydroxylation sites is 1. The van der Waals surface area contributed by atoms with Crippen molar-refractivity contribution in [2.24, 2.45) is 17.3 Å². The van der Waals surface area contributed by atoms with Gasteiger partial charge < -0.3 is 34.5 Å². The lowest BCUT2D eigenvalue weighted by Gasteiger charge is -2.64. The van der Waals surface area contributed by atoms with Crippen molar-refractivity contribution >= 4 is 34.4 Å². The summed E-state index contributed by atoms with van der Waals surface area (Å²) >= 11 is 0. The molecule has 3 aromatic rings. The Morgan fingerprint density at radius 2 is 1.85 bits per heavy atom. The molecule has 5 aliphatic heterocycles. The van der Waals surface area contributed by atoms with Crippen molar-refractivity contribution < 1.29 is 33.7 Å². The first kappa shape index (κ1) is 39.5. The van der Waals surface area contributed by atoms with Gasteiger partial charge in [0.25, 0.3) is 0 Å². The molecular formula is C48H59N5O7. The Hall–Kier alpha value is -4.65. The number of esters is 2. The fourth-order valence-electron chi connectivity index (χ4n) is 13.5. The Bertz CT molecular complexity index is 2350. The van der Waals surface area contributed by atoms with Crippen LogP contribution >= 0.6 is 0 Å². The third kappa shape index (κ3) is 5.28. The molecule has 1 unspecified atom stereocenters. The first-order valence-corrected chi connectivity index (χ1v) is 22.0. The fraction of sp³-hybridized carbons (Fsp3) is 0.562. The predicted molar refractivity (Wildman–Crippen MR) is 228 cm³/mol. The van der Waals surface area contributed by atoms with E-state index in [1.165, 1.54) is 19.6 Å². The number of methoxy groups -OCH3 is 2. The van der Waals surface area contributed by atoms with E-state index in [1.54, 1.807) is 7.11 Å². The van der Waals surface area contributed by atoms with Crippen LogP contribution in [0.2, 0.25) is 0 Å². The topological polar surface area (TPSA) is 137 Å². The minimum absolute atomic E-state index is 0.0523. The molecule has 9 atom stereocenters. The van der Waals surface area contributed by atoms with Gasteiger partial charge in [0.2, 0.25) is 5.91 Å². The molecule has 1 aromatic heterocycles. The molecule has 2 aliphatic carbocycles. The molecule has 1 amide bonds. The number of nitrogens with one attached hydrogen (secondary N) is 2. The number of carbonyl (C=O) groups excluding carboxylic acids is 3. The lowest BCUT2D eigenvalue weighted by Crippen LogP contribution is -2.81. The van der Waals surface area contributed by atoms with Crippen LogP contribution in [0.4, 0.5) is 5.69 Å². The number of benzene rings is 2. The highest BCUT2D eigenvalue weighted by atomic mass is 16.6. The van der Waals surface area contributed by atoms with Crippen molar-refractivity contribution in [3.8, 4) is 5.75 Å². The van der Waals surface area contributed by atoms with Gasteiger partial charge in [-0.15, -0.1) is 0 Å². The molecule has 3 N–H and O–H groups in total. The number of rotatable bonds is 9. The summed E-state index contributed by atoms with van der Waals surface area (Å²) in [4.78, 5) is 52.8. The van der Waals surface area contributed by atoms with E-state index in [-0.39, 0.29) is 36.3 Å². The van der Waals surface area contributed by atoms with E-state index in [0.717, 1.165) is 84.4 Å². The van der Waals surface area contributed by atoms with Gasteiger partial charge in [0.1, 0.15) is 22.9 Å². The maximum absolute atomic E-state index is 15.3. The first-order chi connectivity index (χ1) is 28.9. The predicted octanol–water partition coefficient (Wildman–Crippen LogP) is 5.11. The van der Waals surface area contributed by atoms with Crippen molar-refractivity contribution in [1.82, 2.24) is 20.1 Å². The van der Waals surface area contributed by atoms with E-state index in [0.29, 0.717) is 31.6 Å². The Morgan fingerprint density at radius 1 is 1.05 bits per heavy atom. The average molecular weight is 818 g/mol. The number of H-pyrrole nitrogens is 1. The summed E-state index contributed by atoms with van der Waals surface area (Å²) < 4.78 is 18.8. The second kappa shape index (κ2) is 13.9. The van der Waals surface area contributed by atoms with Crippen molar-refractivity contribution in [2.75, 3.05) is 58.9 Å². The number of hydrogen-bond donors (Lipinski definition) is 3. The minimum atomic E-state index is -1.71. The Kier molecular flexibility index (Phi) is 9.17. The highest BCUT2D eigenvalue weighted by molar-refractivity contribution is 5.94. The molecule has 2 aromatic carbocycles. The minimum Gasteiger partial charge on any atom is -0.496 e. The molecule has 0 radical (unpaired) electrons. The molecule has 1 spiro atoms. The van der Waals surface area contributed by atoms with Crippen molar-refractivity contribution in [1.29, 1.82) is 0 Å². The molecule has 2 saturated carbocycles. The summed E-state index contributed by atoms with van der Waals surface area (Å²) in [6, 6.07) is 11.8. The second-order valence-electron chi connectivity index (χ2n) is 18.8. The quantitative estimate of drug-likeness (QED) is 0.198. The number of ether oxygens (including phenoxy) is 3. The van der Waals surface area contributed by atoms with Gasteiger partial charge in [0.05, 0.1) is 26.8 Å². The zero-order valence-electron chi connectivity index (χ0n) is 35.8. The number of anilines is 1. The molecule has 2 bridgehead atoms. The Morgan fingerprint density at radius 3 is 2.57 bits per heavy atom. The van der Waals surface area contributed by atoms with Crippen LogP contribution in [0, 0.1) is 17.3 Å². The molecule has 12 nitrogen and oxygen atoms in total. The van der Waals surface area contributed by atoms with Crippen LogP contribution in [0.3, 0.4) is 0 Å². The van der Waals surface area contributed by atoms with Gasteiger partial charge in [-0.05, 0) is 74.2 Å². The molecule has 10 rings (SSSR count). The SMILES string of the molecule is CCC1=C[C@@H]2CN(C1)Cc1c([nH]c3ccccc13)[C@@](C(=O)OC)(c1cc3c(cc1OC)N(C)[C@H]1[C@@](O)(CNC(=O)C4CC4)[C@H](OC(C)=O)[C@]4(CC)C=CCN5CC[C@]31[C@@H]54)C2. The second-order valence-corrected chi connectivity index (χ2v) is 18.8. The standard InChI is InChI=1S/C48H59N5O7/c1-7-29-20-30-23-47(44(56)59-6,39-33(26-52(24-29)25-30)32-12-9-10-13-36(32)50-39)35-21-34-37(22-38(35)58-5)51(4)42-46(34)17-19-53-18-11-16-45(8-2,41(46)53)43(60-28(3)54)48(42,57)27-49-40(55)31-14-15-31/h9-13,16,20-22,30-31,41-43,50,57H,7-8,14-15,17-19,23-27H2,1-6H3,(H,49,55)/t30-,41-,42+,43+,45+,46+,47-,48-/m0/s1. The maximum atomic E-state index is 15.3. The van der Waals surface area contributed by atoms with Crippen LogP contribution in [-0.2, 0) is 41.2 Å². The summed E-state index contributed by atoms with van der Waals surface area (Å²) in [5.41, 5.74) is 2.37. The lowest BCUT2D eigenvalue weighted by atomic mass is 9.47. The molecule has 3 fully saturated rings. The van der Waals surface area contributed by atoms with E-state index in [4.69, 9.17) is 14.2 Å². The number of nitrogens with zero attached hydrogens (tertiary/aromatic N) is 3. The van der Waals surface area contributed by atoms with Gasteiger partial charge in [0.15, 0.2) is 0 Å². The highest BCUT2D eigenvalue weighted by Gasteiger charge is 2.78. The number of amides is 1. The lowest BCUT2D eigenvalue weighted by molar-refractivity contribution is -0.217. The summed E-state index contributed by atoms with van der Waals surface area (Å²) in [5, 5.41) is 18.0. The summed E-state index contributed by atoms with van der Waals surface area (Å²) in [6.45, 7) is 9.50. The van der Waals surface area contributed by atoms with Crippen LogP contribution in [-0.4, -0.2) is 116 Å². The number of aliphatic hydroxyl groups is 1. The molecule has 12 heteroatoms. The normalized spacial score (nSPS) is 35.0. The van der Waals surface area contributed by atoms with Crippen LogP contribution in [0.5, 0.6) is 5.75 Å². The Labute approximate surface area is 352 Å². The highest BCUT2D eigenvalue weighted by Crippen LogP contribution is 2.68. The number of hydrogen-bond acceptors (Lipinski definition) is 10. The van der Waals surface area contributed by atoms with Gasteiger partial charge in [-0.3, -0.25) is 24.2 Å². The van der Waals surface area contributed by atoms with Gasteiger partial charge >= 0.3 is 11.9 Å². The molecule has 60 heavy (non-hydrogen) atoms. The third-order valence-corrected chi connectivity index (χ3v) is 15.9. The monoisotopic (exact) mass is 817 g/mol. The summed E-state index contributed by atoms with van der Waals surface area (Å²) in [6.07, 6.45) is 10.1. The van der Waals surface area contributed by atoms with E-state index in [9.17, 15) is 14.7 Å². The van der Waals surface area contributed by atoms with E-state index in [2.05, 4.69) is 87.4 Å². The number of carbonyl (C=O) groups is 3. The smallest absolute Gasteiger partial charge is 0.322 e. The van der Waals surface area contributed by atoms with E-state index < -0.39 is 40.0 Å². The number of aromatic nitrogens is 1. The van der Waals surface area contributed by atoms with Crippen LogP contribution < -0.4 is 15.0 Å². The molecular weight excluding hydrogens is 759 g/mol. The zero-order valence-corrected chi connectivity index (χ0v) is 35.8. The molecule has 318 valence electrons.